The molecule has 3 aromatic carbocycles. The van der Waals surface area contributed by atoms with Gasteiger partial charge in [-0.25, -0.2) is 8.42 Å². The van der Waals surface area contributed by atoms with Gasteiger partial charge in [-0.1, -0.05) is 24.3 Å². The summed E-state index contributed by atoms with van der Waals surface area (Å²) in [5, 5.41) is 2.74. The molecule has 33 heavy (non-hydrogen) atoms. The van der Waals surface area contributed by atoms with E-state index in [-0.39, 0.29) is 28.8 Å². The quantitative estimate of drug-likeness (QED) is 0.500. The lowest BCUT2D eigenvalue weighted by Crippen LogP contribution is -2.37. The second-order valence-electron chi connectivity index (χ2n) is 7.10. The number of carbonyl (C=O) groups is 2. The van der Waals surface area contributed by atoms with E-state index in [1.165, 1.54) is 36.3 Å². The average molecular weight is 468 g/mol. The summed E-state index contributed by atoms with van der Waals surface area (Å²) in [6.45, 7) is 1.92. The SMILES string of the molecule is CCN(CC(=O)Nc1cccc(OC)c1)C(=O)c1ccc(S(=O)(=O)Nc2ccccc2)cc1. The van der Waals surface area contributed by atoms with Crippen LogP contribution in [-0.2, 0) is 14.8 Å². The summed E-state index contributed by atoms with van der Waals surface area (Å²) in [6.07, 6.45) is 0. The number of rotatable bonds is 9. The van der Waals surface area contributed by atoms with Gasteiger partial charge in [0.05, 0.1) is 12.0 Å². The van der Waals surface area contributed by atoms with E-state index in [2.05, 4.69) is 10.0 Å². The molecule has 0 aliphatic heterocycles. The first-order valence-corrected chi connectivity index (χ1v) is 11.7. The molecule has 0 aliphatic rings. The summed E-state index contributed by atoms with van der Waals surface area (Å²) in [5.74, 6) is -0.129. The van der Waals surface area contributed by atoms with Crippen molar-refractivity contribution in [3.63, 3.8) is 0 Å². The van der Waals surface area contributed by atoms with Gasteiger partial charge < -0.3 is 15.0 Å². The fourth-order valence-electron chi connectivity index (χ4n) is 3.08. The van der Waals surface area contributed by atoms with E-state index in [9.17, 15) is 18.0 Å². The number of hydrogen-bond acceptors (Lipinski definition) is 5. The first-order valence-electron chi connectivity index (χ1n) is 10.2. The van der Waals surface area contributed by atoms with Crippen LogP contribution in [0.2, 0.25) is 0 Å². The minimum atomic E-state index is -3.79. The van der Waals surface area contributed by atoms with E-state index in [1.54, 1.807) is 61.5 Å². The normalized spacial score (nSPS) is 10.8. The Hall–Kier alpha value is -3.85. The Morgan fingerprint density at radius 2 is 1.58 bits per heavy atom. The standard InChI is InChI=1S/C24H25N3O5S/c1-3-27(17-23(28)25-20-10-7-11-21(16-20)32-2)24(29)18-12-14-22(15-13-18)33(30,31)26-19-8-5-4-6-9-19/h4-16,26H,3,17H2,1-2H3,(H,25,28). The van der Waals surface area contributed by atoms with Gasteiger partial charge in [0.2, 0.25) is 5.91 Å². The lowest BCUT2D eigenvalue weighted by atomic mass is 10.2. The van der Waals surface area contributed by atoms with Crippen LogP contribution >= 0.6 is 0 Å². The molecule has 8 nitrogen and oxygen atoms in total. The van der Waals surface area contributed by atoms with Crippen molar-refractivity contribution in [2.24, 2.45) is 0 Å². The first kappa shape index (κ1) is 23.8. The van der Waals surface area contributed by atoms with Gasteiger partial charge in [-0.05, 0) is 55.5 Å². The van der Waals surface area contributed by atoms with E-state index in [0.29, 0.717) is 23.7 Å². The molecular weight excluding hydrogens is 442 g/mol. The highest BCUT2D eigenvalue weighted by atomic mass is 32.2. The molecule has 0 fully saturated rings. The Morgan fingerprint density at radius 1 is 0.909 bits per heavy atom. The highest BCUT2D eigenvalue weighted by Crippen LogP contribution is 2.18. The third-order valence-corrected chi connectivity index (χ3v) is 6.19. The first-order chi connectivity index (χ1) is 15.8. The maximum atomic E-state index is 12.9. The summed E-state index contributed by atoms with van der Waals surface area (Å²) in [7, 11) is -2.26. The van der Waals surface area contributed by atoms with Crippen molar-refractivity contribution >= 4 is 33.2 Å². The largest absolute Gasteiger partial charge is 0.497 e. The molecule has 172 valence electrons. The van der Waals surface area contributed by atoms with E-state index >= 15 is 0 Å². The predicted octanol–water partition coefficient (Wildman–Crippen LogP) is 3.60. The Labute approximate surface area is 193 Å². The summed E-state index contributed by atoms with van der Waals surface area (Å²) in [6, 6.07) is 21.0. The predicted molar refractivity (Wildman–Crippen MR) is 127 cm³/mol. The van der Waals surface area contributed by atoms with Crippen LogP contribution in [0.15, 0.2) is 83.8 Å². The lowest BCUT2D eigenvalue weighted by molar-refractivity contribution is -0.116. The summed E-state index contributed by atoms with van der Waals surface area (Å²) in [4.78, 5) is 26.7. The van der Waals surface area contributed by atoms with Crippen molar-refractivity contribution in [1.29, 1.82) is 0 Å². The van der Waals surface area contributed by atoms with Crippen LogP contribution in [0, 0.1) is 0 Å². The van der Waals surface area contributed by atoms with Gasteiger partial charge in [0.15, 0.2) is 0 Å². The van der Waals surface area contributed by atoms with Crippen molar-refractivity contribution in [2.45, 2.75) is 11.8 Å². The minimum absolute atomic E-state index is 0.0294. The number of likely N-dealkylation sites (N-methyl/N-ethyl adjacent to an activating group) is 1. The third kappa shape index (κ3) is 6.33. The monoisotopic (exact) mass is 467 g/mol. The maximum absolute atomic E-state index is 12.9. The summed E-state index contributed by atoms with van der Waals surface area (Å²) in [5.41, 5.74) is 1.28. The van der Waals surface area contributed by atoms with Crippen LogP contribution in [-0.4, -0.2) is 45.3 Å². The molecule has 2 amide bonds. The van der Waals surface area contributed by atoms with E-state index in [4.69, 9.17) is 4.74 Å². The molecule has 0 aromatic heterocycles. The van der Waals surface area contributed by atoms with Crippen LogP contribution < -0.4 is 14.8 Å². The number of ether oxygens (including phenoxy) is 1. The lowest BCUT2D eigenvalue weighted by Gasteiger charge is -2.20. The van der Waals surface area contributed by atoms with Crippen LogP contribution in [0.3, 0.4) is 0 Å². The van der Waals surface area contributed by atoms with Crippen LogP contribution in [0.4, 0.5) is 11.4 Å². The second kappa shape index (κ2) is 10.6. The van der Waals surface area contributed by atoms with Gasteiger partial charge in [0.25, 0.3) is 15.9 Å². The number of anilines is 2. The van der Waals surface area contributed by atoms with E-state index < -0.39 is 10.0 Å². The minimum Gasteiger partial charge on any atom is -0.497 e. The van der Waals surface area contributed by atoms with Crippen molar-refractivity contribution < 1.29 is 22.7 Å². The number of methoxy groups -OCH3 is 1. The zero-order valence-corrected chi connectivity index (χ0v) is 19.1. The zero-order chi connectivity index (χ0) is 23.8. The van der Waals surface area contributed by atoms with Crippen molar-refractivity contribution in [1.82, 2.24) is 4.90 Å². The van der Waals surface area contributed by atoms with Gasteiger partial charge >= 0.3 is 0 Å². The van der Waals surface area contributed by atoms with E-state index in [0.717, 1.165) is 0 Å². The fraction of sp³-hybridized carbons (Fsp3) is 0.167. The molecule has 3 rings (SSSR count). The van der Waals surface area contributed by atoms with Crippen LogP contribution in [0.5, 0.6) is 5.75 Å². The molecule has 9 heteroatoms. The summed E-state index contributed by atoms with van der Waals surface area (Å²) < 4.78 is 32.8. The van der Waals surface area contributed by atoms with E-state index in [1.807, 2.05) is 0 Å². The average Bonchev–Trinajstić information content (AvgIpc) is 2.82. The van der Waals surface area contributed by atoms with Gasteiger partial charge in [-0.3, -0.25) is 14.3 Å². The van der Waals surface area contributed by atoms with Crippen molar-refractivity contribution in [3.8, 4) is 5.75 Å². The van der Waals surface area contributed by atoms with Gasteiger partial charge in [0, 0.05) is 29.5 Å². The molecule has 0 aliphatic carbocycles. The molecule has 2 N–H and O–H groups in total. The second-order valence-corrected chi connectivity index (χ2v) is 8.78. The molecule has 0 radical (unpaired) electrons. The molecule has 0 spiro atoms. The van der Waals surface area contributed by atoms with Gasteiger partial charge in [-0.2, -0.15) is 0 Å². The smallest absolute Gasteiger partial charge is 0.261 e. The molecular formula is C24H25N3O5S. The van der Waals surface area contributed by atoms with Gasteiger partial charge in [0.1, 0.15) is 12.3 Å². The molecule has 0 atom stereocenters. The molecule has 0 saturated heterocycles. The number of hydrogen-bond donors (Lipinski definition) is 2. The molecule has 0 heterocycles. The Balaban J connectivity index is 1.66. The topological polar surface area (TPSA) is 105 Å². The molecule has 0 bridgehead atoms. The number of nitrogens with zero attached hydrogens (tertiary/aromatic N) is 1. The van der Waals surface area contributed by atoms with Crippen molar-refractivity contribution in [2.75, 3.05) is 30.2 Å². The number of sulfonamides is 1. The van der Waals surface area contributed by atoms with Crippen LogP contribution in [0.25, 0.3) is 0 Å². The third-order valence-electron chi connectivity index (χ3n) is 4.79. The fourth-order valence-corrected chi connectivity index (χ4v) is 4.14. The maximum Gasteiger partial charge on any atom is 0.261 e. The highest BCUT2D eigenvalue weighted by molar-refractivity contribution is 7.92. The number of amides is 2. The molecule has 0 saturated carbocycles. The Morgan fingerprint density at radius 3 is 2.21 bits per heavy atom. The number of carbonyl (C=O) groups excluding carboxylic acids is 2. The molecule has 3 aromatic rings. The number of para-hydroxylation sites is 1. The Kier molecular flexibility index (Phi) is 7.68. The number of nitrogens with one attached hydrogen (secondary N) is 2. The zero-order valence-electron chi connectivity index (χ0n) is 18.3. The van der Waals surface area contributed by atoms with Crippen molar-refractivity contribution in [3.05, 3.63) is 84.4 Å². The van der Waals surface area contributed by atoms with Gasteiger partial charge in [-0.15, -0.1) is 0 Å². The summed E-state index contributed by atoms with van der Waals surface area (Å²) >= 11 is 0. The molecule has 0 unspecified atom stereocenters. The van der Waals surface area contributed by atoms with Crippen LogP contribution in [0.1, 0.15) is 17.3 Å². The Bertz CT molecular complexity index is 1210. The highest BCUT2D eigenvalue weighted by Gasteiger charge is 2.20. The number of benzene rings is 3.